The summed E-state index contributed by atoms with van der Waals surface area (Å²) in [6, 6.07) is 7.42. The molecule has 1 fully saturated rings. The number of halogens is 1. The predicted octanol–water partition coefficient (Wildman–Crippen LogP) is 3.41. The number of aliphatic hydroxyl groups is 1. The molecule has 0 saturated heterocycles. The van der Waals surface area contributed by atoms with E-state index in [0.717, 1.165) is 24.8 Å². The fraction of sp³-hybridized carbons (Fsp3) is 0.471. The summed E-state index contributed by atoms with van der Waals surface area (Å²) in [5.41, 5.74) is 1.69. The van der Waals surface area contributed by atoms with Crippen molar-refractivity contribution in [3.8, 4) is 0 Å². The Kier molecular flexibility index (Phi) is 5.43. The highest BCUT2D eigenvalue weighted by atomic mass is 35.5. The van der Waals surface area contributed by atoms with Gasteiger partial charge in [-0.2, -0.15) is 0 Å². The topological polar surface area (TPSA) is 49.3 Å². The molecule has 0 aromatic heterocycles. The Morgan fingerprint density at radius 3 is 2.81 bits per heavy atom. The molecule has 2 rings (SSSR count). The van der Waals surface area contributed by atoms with Gasteiger partial charge in [-0.25, -0.2) is 0 Å². The summed E-state index contributed by atoms with van der Waals surface area (Å²) < 4.78 is 0. The highest BCUT2D eigenvalue weighted by molar-refractivity contribution is 6.30. The fourth-order valence-electron chi connectivity index (χ4n) is 2.75. The van der Waals surface area contributed by atoms with Crippen molar-refractivity contribution in [3.05, 3.63) is 40.4 Å². The van der Waals surface area contributed by atoms with Gasteiger partial charge in [-0.3, -0.25) is 4.79 Å². The molecular weight excluding hydrogens is 286 g/mol. The van der Waals surface area contributed by atoms with Gasteiger partial charge in [-0.1, -0.05) is 30.2 Å². The molecular formula is C17H22ClNO2. The van der Waals surface area contributed by atoms with E-state index in [2.05, 4.69) is 5.32 Å². The van der Waals surface area contributed by atoms with Crippen molar-refractivity contribution in [2.45, 2.75) is 32.6 Å². The van der Waals surface area contributed by atoms with Crippen LogP contribution in [0.1, 0.15) is 38.2 Å². The average Bonchev–Trinajstić information content (AvgIpc) is 2.41. The first-order valence-corrected chi connectivity index (χ1v) is 7.75. The number of carbonyl (C=O) groups excluding carboxylic acids is 1. The van der Waals surface area contributed by atoms with Crippen LogP contribution in [0.25, 0.3) is 6.08 Å². The van der Waals surface area contributed by atoms with Crippen LogP contribution >= 0.6 is 11.6 Å². The fourth-order valence-corrected chi connectivity index (χ4v) is 2.95. The van der Waals surface area contributed by atoms with Gasteiger partial charge in [0.1, 0.15) is 0 Å². The van der Waals surface area contributed by atoms with Gasteiger partial charge in [0.15, 0.2) is 0 Å². The number of aliphatic hydroxyl groups excluding tert-OH is 1. The van der Waals surface area contributed by atoms with Crippen molar-refractivity contribution in [2.75, 3.05) is 13.2 Å². The number of amides is 1. The molecule has 0 aliphatic heterocycles. The Balaban J connectivity index is 1.93. The molecule has 0 bridgehead atoms. The van der Waals surface area contributed by atoms with Crippen LogP contribution in [0.5, 0.6) is 0 Å². The summed E-state index contributed by atoms with van der Waals surface area (Å²) in [6.07, 6.45) is 5.97. The molecule has 21 heavy (non-hydrogen) atoms. The van der Waals surface area contributed by atoms with Gasteiger partial charge in [0, 0.05) is 23.7 Å². The van der Waals surface area contributed by atoms with E-state index in [1.54, 1.807) is 6.92 Å². The van der Waals surface area contributed by atoms with E-state index in [4.69, 9.17) is 16.7 Å². The zero-order chi connectivity index (χ0) is 15.3. The molecule has 0 unspecified atom stereocenters. The molecule has 0 spiro atoms. The third-order valence-corrected chi connectivity index (χ3v) is 4.51. The van der Waals surface area contributed by atoms with Gasteiger partial charge in [-0.05, 0) is 55.4 Å². The van der Waals surface area contributed by atoms with E-state index >= 15 is 0 Å². The number of rotatable bonds is 6. The molecule has 1 aliphatic carbocycles. The maximum absolute atomic E-state index is 12.1. The molecule has 0 atom stereocenters. The lowest BCUT2D eigenvalue weighted by Gasteiger charge is -2.41. The molecule has 4 heteroatoms. The van der Waals surface area contributed by atoms with Gasteiger partial charge in [-0.15, -0.1) is 0 Å². The van der Waals surface area contributed by atoms with Crippen molar-refractivity contribution in [3.63, 3.8) is 0 Å². The molecule has 1 aromatic rings. The normalized spacial score (nSPS) is 17.2. The minimum absolute atomic E-state index is 0.0563. The van der Waals surface area contributed by atoms with Gasteiger partial charge in [0.2, 0.25) is 5.91 Å². The van der Waals surface area contributed by atoms with Crippen LogP contribution in [0.4, 0.5) is 0 Å². The molecule has 0 heterocycles. The third-order valence-electron chi connectivity index (χ3n) is 4.27. The molecule has 3 nitrogen and oxygen atoms in total. The maximum Gasteiger partial charge on any atom is 0.246 e. The standard InChI is InChI=1S/C17H22ClNO2/c1-13(10-14-4-2-5-15(18)11-14)16(21)19-12-17(8-9-20)6-3-7-17/h2,4-5,10-11,20H,3,6-9,12H2,1H3,(H,19,21)/b13-10-. The second kappa shape index (κ2) is 7.10. The first-order chi connectivity index (χ1) is 10.0. The van der Waals surface area contributed by atoms with E-state index in [1.807, 2.05) is 30.3 Å². The SMILES string of the molecule is C/C(=C/c1cccc(Cl)c1)C(=O)NCC1(CCO)CCC1. The quantitative estimate of drug-likeness (QED) is 0.791. The van der Waals surface area contributed by atoms with Gasteiger partial charge in [0.25, 0.3) is 0 Å². The predicted molar refractivity (Wildman–Crippen MR) is 86.1 cm³/mol. The monoisotopic (exact) mass is 307 g/mol. The number of benzene rings is 1. The van der Waals surface area contributed by atoms with Crippen LogP contribution in [-0.2, 0) is 4.79 Å². The summed E-state index contributed by atoms with van der Waals surface area (Å²) in [6.45, 7) is 2.63. The first kappa shape index (κ1) is 16.1. The average molecular weight is 308 g/mol. The molecule has 1 aromatic carbocycles. The molecule has 1 aliphatic rings. The lowest BCUT2D eigenvalue weighted by Crippen LogP contribution is -2.42. The molecule has 1 saturated carbocycles. The lowest BCUT2D eigenvalue weighted by molar-refractivity contribution is -0.118. The largest absolute Gasteiger partial charge is 0.396 e. The van der Waals surface area contributed by atoms with Crippen molar-refractivity contribution >= 4 is 23.6 Å². The summed E-state index contributed by atoms with van der Waals surface area (Å²) in [4.78, 5) is 12.1. The summed E-state index contributed by atoms with van der Waals surface area (Å²) in [5.74, 6) is -0.0563. The Bertz CT molecular complexity index is 535. The van der Waals surface area contributed by atoms with Crippen LogP contribution < -0.4 is 5.32 Å². The van der Waals surface area contributed by atoms with E-state index in [-0.39, 0.29) is 17.9 Å². The van der Waals surface area contributed by atoms with Crippen molar-refractivity contribution in [1.82, 2.24) is 5.32 Å². The highest BCUT2D eigenvalue weighted by Crippen LogP contribution is 2.43. The number of hydrogen-bond donors (Lipinski definition) is 2. The van der Waals surface area contributed by atoms with Crippen LogP contribution in [0, 0.1) is 5.41 Å². The van der Waals surface area contributed by atoms with Gasteiger partial charge < -0.3 is 10.4 Å². The minimum atomic E-state index is -0.0563. The molecule has 114 valence electrons. The zero-order valence-electron chi connectivity index (χ0n) is 12.4. The van der Waals surface area contributed by atoms with E-state index in [1.165, 1.54) is 6.42 Å². The Hall–Kier alpha value is -1.32. The van der Waals surface area contributed by atoms with E-state index in [0.29, 0.717) is 17.1 Å². The van der Waals surface area contributed by atoms with Crippen LogP contribution in [0.2, 0.25) is 5.02 Å². The first-order valence-electron chi connectivity index (χ1n) is 7.38. The second-order valence-electron chi connectivity index (χ2n) is 5.89. The lowest BCUT2D eigenvalue weighted by atomic mass is 9.67. The smallest absolute Gasteiger partial charge is 0.246 e. The van der Waals surface area contributed by atoms with E-state index in [9.17, 15) is 4.79 Å². The molecule has 0 radical (unpaired) electrons. The van der Waals surface area contributed by atoms with Crippen molar-refractivity contribution < 1.29 is 9.90 Å². The van der Waals surface area contributed by atoms with Crippen LogP contribution in [0.3, 0.4) is 0 Å². The Morgan fingerprint density at radius 1 is 1.48 bits per heavy atom. The summed E-state index contributed by atoms with van der Waals surface area (Å²) >= 11 is 5.94. The Morgan fingerprint density at radius 2 is 2.24 bits per heavy atom. The second-order valence-corrected chi connectivity index (χ2v) is 6.33. The summed E-state index contributed by atoms with van der Waals surface area (Å²) in [7, 11) is 0. The Labute approximate surface area is 131 Å². The van der Waals surface area contributed by atoms with Crippen molar-refractivity contribution in [2.24, 2.45) is 5.41 Å². The number of nitrogens with one attached hydrogen (secondary N) is 1. The molecule has 1 amide bonds. The number of hydrogen-bond acceptors (Lipinski definition) is 2. The number of carbonyl (C=O) groups is 1. The van der Waals surface area contributed by atoms with Crippen molar-refractivity contribution in [1.29, 1.82) is 0 Å². The maximum atomic E-state index is 12.1. The highest BCUT2D eigenvalue weighted by Gasteiger charge is 2.36. The molecule has 2 N–H and O–H groups in total. The minimum Gasteiger partial charge on any atom is -0.396 e. The van der Waals surface area contributed by atoms with Gasteiger partial charge in [0.05, 0.1) is 0 Å². The van der Waals surface area contributed by atoms with Crippen LogP contribution in [0.15, 0.2) is 29.8 Å². The van der Waals surface area contributed by atoms with E-state index < -0.39 is 0 Å². The van der Waals surface area contributed by atoms with Gasteiger partial charge >= 0.3 is 0 Å². The third kappa shape index (κ3) is 4.32. The summed E-state index contributed by atoms with van der Waals surface area (Å²) in [5, 5.41) is 12.8. The zero-order valence-corrected chi connectivity index (χ0v) is 13.1. The van der Waals surface area contributed by atoms with Crippen LogP contribution in [-0.4, -0.2) is 24.2 Å².